The van der Waals surface area contributed by atoms with Crippen LogP contribution in [0.25, 0.3) is 11.1 Å². The molecule has 184 valence electrons. The Morgan fingerprint density at radius 3 is 2.38 bits per heavy atom. The number of benzene rings is 2. The molecule has 0 aromatic heterocycles. The number of carbonyl (C=O) groups is 2. The van der Waals surface area contributed by atoms with Crippen molar-refractivity contribution in [2.24, 2.45) is 5.41 Å². The zero-order valence-corrected chi connectivity index (χ0v) is 21.5. The van der Waals surface area contributed by atoms with E-state index in [1.807, 2.05) is 69.3 Å². The standard InChI is InChI=1S/C27H34ClNO5/c1-25(2,3)34-24(31)29-22(16-27(6)17-32-26(4,5)33-23(27)30)14-18-10-12-19(13-11-18)20-8-7-9-21(28)15-20/h7-13,15,22H,14,16-17H2,1-6H3,(H,29,31)/t22-,27?/m1/s1. The minimum atomic E-state index is -0.957. The summed E-state index contributed by atoms with van der Waals surface area (Å²) in [5, 5.41) is 3.63. The maximum Gasteiger partial charge on any atom is 0.407 e. The third-order valence-corrected chi connectivity index (χ3v) is 5.82. The van der Waals surface area contributed by atoms with Gasteiger partial charge >= 0.3 is 12.1 Å². The zero-order chi connectivity index (χ0) is 25.1. The molecule has 1 N–H and O–H groups in total. The first-order chi connectivity index (χ1) is 15.7. The molecule has 2 aromatic carbocycles. The molecule has 3 rings (SSSR count). The van der Waals surface area contributed by atoms with Crippen LogP contribution in [0.5, 0.6) is 0 Å². The van der Waals surface area contributed by atoms with Gasteiger partial charge in [-0.3, -0.25) is 4.79 Å². The Bertz CT molecular complexity index is 1030. The number of esters is 1. The highest BCUT2D eigenvalue weighted by Crippen LogP contribution is 2.35. The molecule has 1 aliphatic heterocycles. The number of halogens is 1. The van der Waals surface area contributed by atoms with Gasteiger partial charge in [-0.1, -0.05) is 48.0 Å². The van der Waals surface area contributed by atoms with Gasteiger partial charge < -0.3 is 19.5 Å². The second kappa shape index (κ2) is 9.96. The van der Waals surface area contributed by atoms with Gasteiger partial charge in [0, 0.05) is 24.9 Å². The molecule has 1 aliphatic rings. The van der Waals surface area contributed by atoms with E-state index in [0.29, 0.717) is 17.9 Å². The van der Waals surface area contributed by atoms with Gasteiger partial charge in [0.25, 0.3) is 0 Å². The van der Waals surface area contributed by atoms with Gasteiger partial charge in [0.2, 0.25) is 5.79 Å². The lowest BCUT2D eigenvalue weighted by atomic mass is 9.81. The van der Waals surface area contributed by atoms with Gasteiger partial charge in [0.15, 0.2) is 0 Å². The van der Waals surface area contributed by atoms with Gasteiger partial charge in [0.1, 0.15) is 5.60 Å². The van der Waals surface area contributed by atoms with Crippen molar-refractivity contribution in [1.29, 1.82) is 0 Å². The number of hydrogen-bond donors (Lipinski definition) is 1. The number of cyclic esters (lactones) is 1. The van der Waals surface area contributed by atoms with Crippen LogP contribution in [0.2, 0.25) is 5.02 Å². The maximum absolute atomic E-state index is 12.8. The number of ether oxygens (including phenoxy) is 3. The smallest absolute Gasteiger partial charge is 0.407 e. The quantitative estimate of drug-likeness (QED) is 0.495. The van der Waals surface area contributed by atoms with Crippen molar-refractivity contribution < 1.29 is 23.8 Å². The van der Waals surface area contributed by atoms with Crippen LogP contribution >= 0.6 is 11.6 Å². The molecule has 2 aromatic rings. The Morgan fingerprint density at radius 2 is 1.79 bits per heavy atom. The van der Waals surface area contributed by atoms with Gasteiger partial charge in [-0.05, 0) is 69.4 Å². The monoisotopic (exact) mass is 487 g/mol. The van der Waals surface area contributed by atoms with E-state index in [-0.39, 0.29) is 18.6 Å². The van der Waals surface area contributed by atoms with Crippen LogP contribution in [0.15, 0.2) is 48.5 Å². The molecular weight excluding hydrogens is 454 g/mol. The minimum absolute atomic E-state index is 0.207. The molecule has 34 heavy (non-hydrogen) atoms. The highest BCUT2D eigenvalue weighted by molar-refractivity contribution is 6.30. The Labute approximate surface area is 206 Å². The first kappa shape index (κ1) is 26.0. The lowest BCUT2D eigenvalue weighted by Crippen LogP contribution is -2.52. The van der Waals surface area contributed by atoms with Crippen molar-refractivity contribution >= 4 is 23.7 Å². The number of rotatable bonds is 6. The van der Waals surface area contributed by atoms with Gasteiger partial charge in [-0.15, -0.1) is 0 Å². The van der Waals surface area contributed by atoms with Crippen molar-refractivity contribution in [3.63, 3.8) is 0 Å². The van der Waals surface area contributed by atoms with E-state index in [0.717, 1.165) is 16.7 Å². The predicted molar refractivity (Wildman–Crippen MR) is 133 cm³/mol. The average Bonchev–Trinajstić information content (AvgIpc) is 2.70. The van der Waals surface area contributed by atoms with E-state index in [4.69, 9.17) is 25.8 Å². The molecule has 0 saturated carbocycles. The Hall–Kier alpha value is -2.57. The van der Waals surface area contributed by atoms with E-state index in [2.05, 4.69) is 5.32 Å². The van der Waals surface area contributed by atoms with Crippen LogP contribution in [0.4, 0.5) is 4.79 Å². The van der Waals surface area contributed by atoms with E-state index < -0.39 is 22.9 Å². The van der Waals surface area contributed by atoms with E-state index in [1.54, 1.807) is 20.8 Å². The molecule has 1 fully saturated rings. The fourth-order valence-electron chi connectivity index (χ4n) is 3.89. The summed E-state index contributed by atoms with van der Waals surface area (Å²) in [5.41, 5.74) is 1.56. The first-order valence-corrected chi connectivity index (χ1v) is 11.8. The molecule has 1 amide bonds. The second-order valence-electron chi connectivity index (χ2n) is 10.6. The summed E-state index contributed by atoms with van der Waals surface area (Å²) in [7, 11) is 0. The number of amides is 1. The molecule has 0 radical (unpaired) electrons. The summed E-state index contributed by atoms with van der Waals surface area (Å²) in [6, 6.07) is 15.4. The molecule has 2 atom stereocenters. The van der Waals surface area contributed by atoms with E-state index in [9.17, 15) is 9.59 Å². The molecule has 1 unspecified atom stereocenters. The molecular formula is C27H34ClNO5. The molecule has 1 saturated heterocycles. The van der Waals surface area contributed by atoms with Gasteiger partial charge in [0.05, 0.1) is 12.0 Å². The highest BCUT2D eigenvalue weighted by atomic mass is 35.5. The summed E-state index contributed by atoms with van der Waals surface area (Å²) in [6.45, 7) is 10.9. The largest absolute Gasteiger partial charge is 0.444 e. The molecule has 6 nitrogen and oxygen atoms in total. The van der Waals surface area contributed by atoms with Crippen LogP contribution in [-0.2, 0) is 25.4 Å². The summed E-state index contributed by atoms with van der Waals surface area (Å²) in [5.74, 6) is -1.29. The summed E-state index contributed by atoms with van der Waals surface area (Å²) < 4.78 is 16.7. The minimum Gasteiger partial charge on any atom is -0.444 e. The second-order valence-corrected chi connectivity index (χ2v) is 11.0. The van der Waals surface area contributed by atoms with Gasteiger partial charge in [-0.2, -0.15) is 0 Å². The number of hydrogen-bond acceptors (Lipinski definition) is 5. The summed E-state index contributed by atoms with van der Waals surface area (Å²) >= 11 is 6.12. The lowest BCUT2D eigenvalue weighted by Gasteiger charge is -2.41. The van der Waals surface area contributed by atoms with Gasteiger partial charge in [-0.25, -0.2) is 4.79 Å². The maximum atomic E-state index is 12.8. The van der Waals surface area contributed by atoms with Crippen LogP contribution in [-0.4, -0.2) is 36.1 Å². The average molecular weight is 488 g/mol. The van der Waals surface area contributed by atoms with Crippen LogP contribution in [0.1, 0.15) is 53.5 Å². The first-order valence-electron chi connectivity index (χ1n) is 11.5. The summed E-state index contributed by atoms with van der Waals surface area (Å²) in [6.07, 6.45) is 0.334. The Balaban J connectivity index is 1.78. The number of carbonyl (C=O) groups excluding carboxylic acids is 2. The molecule has 0 aliphatic carbocycles. The highest BCUT2D eigenvalue weighted by Gasteiger charge is 2.46. The molecule has 0 spiro atoms. The van der Waals surface area contributed by atoms with E-state index in [1.165, 1.54) is 0 Å². The van der Waals surface area contributed by atoms with Crippen molar-refractivity contribution in [3.8, 4) is 11.1 Å². The Morgan fingerprint density at radius 1 is 1.12 bits per heavy atom. The van der Waals surface area contributed by atoms with Crippen molar-refractivity contribution in [1.82, 2.24) is 5.32 Å². The van der Waals surface area contributed by atoms with Crippen LogP contribution in [0.3, 0.4) is 0 Å². The van der Waals surface area contributed by atoms with Crippen LogP contribution < -0.4 is 5.32 Å². The number of nitrogens with one attached hydrogen (secondary N) is 1. The zero-order valence-electron chi connectivity index (χ0n) is 20.7. The SMILES string of the molecule is CC(C)(C)OC(=O)N[C@H](Cc1ccc(-c2cccc(Cl)c2)cc1)CC1(C)COC(C)(C)OC1=O. The molecule has 1 heterocycles. The third-order valence-electron chi connectivity index (χ3n) is 5.58. The predicted octanol–water partition coefficient (Wildman–Crippen LogP) is 6.15. The van der Waals surface area contributed by atoms with Crippen molar-refractivity contribution in [3.05, 3.63) is 59.1 Å². The number of alkyl carbamates (subject to hydrolysis) is 1. The fourth-order valence-corrected chi connectivity index (χ4v) is 4.08. The fraction of sp³-hybridized carbons (Fsp3) is 0.481. The summed E-state index contributed by atoms with van der Waals surface area (Å²) in [4.78, 5) is 25.4. The van der Waals surface area contributed by atoms with Crippen LogP contribution in [0, 0.1) is 5.41 Å². The molecule has 0 bridgehead atoms. The van der Waals surface area contributed by atoms with Crippen molar-refractivity contribution in [2.75, 3.05) is 6.61 Å². The Kier molecular flexibility index (Phi) is 7.63. The van der Waals surface area contributed by atoms with Crippen molar-refractivity contribution in [2.45, 2.75) is 71.8 Å². The van der Waals surface area contributed by atoms with E-state index >= 15 is 0 Å². The topological polar surface area (TPSA) is 73.9 Å². The normalized spacial score (nSPS) is 20.9. The molecule has 7 heteroatoms. The third kappa shape index (κ3) is 7.21. The lowest BCUT2D eigenvalue weighted by molar-refractivity contribution is -0.263.